The lowest BCUT2D eigenvalue weighted by Crippen LogP contribution is -2.29. The lowest BCUT2D eigenvalue weighted by atomic mass is 10.1. The van der Waals surface area contributed by atoms with E-state index >= 15 is 0 Å². The summed E-state index contributed by atoms with van der Waals surface area (Å²) in [4.78, 5) is 15.5. The maximum atomic E-state index is 13.2. The van der Waals surface area contributed by atoms with Crippen molar-refractivity contribution in [2.45, 2.75) is 38.1 Å². The Morgan fingerprint density at radius 3 is 2.69 bits per heavy atom. The summed E-state index contributed by atoms with van der Waals surface area (Å²) in [6.07, 6.45) is 1.13. The third-order valence-electron chi connectivity index (χ3n) is 5.75. The van der Waals surface area contributed by atoms with Gasteiger partial charge in [0.15, 0.2) is 0 Å². The molecule has 0 unspecified atom stereocenters. The van der Waals surface area contributed by atoms with E-state index in [1.54, 1.807) is 10.7 Å². The second-order valence-electron chi connectivity index (χ2n) is 8.11. The molecule has 2 atom stereocenters. The summed E-state index contributed by atoms with van der Waals surface area (Å²) in [5.41, 5.74) is 2.33. The van der Waals surface area contributed by atoms with E-state index in [2.05, 4.69) is 10.1 Å². The number of rotatable bonds is 7. The topological polar surface area (TPSA) is 115 Å². The number of aliphatic carboxylic acids is 1. The van der Waals surface area contributed by atoms with Crippen LogP contribution in [0.1, 0.15) is 31.1 Å². The second-order valence-corrected chi connectivity index (χ2v) is 10.1. The predicted octanol–water partition coefficient (Wildman–Crippen LogP) is 2.65. The van der Waals surface area contributed by atoms with Crippen molar-refractivity contribution < 1.29 is 23.1 Å². The summed E-state index contributed by atoms with van der Waals surface area (Å²) in [5, 5.41) is 14.7. The molecule has 1 aliphatic heterocycles. The van der Waals surface area contributed by atoms with Gasteiger partial charge in [-0.1, -0.05) is 19.1 Å². The molecule has 32 heavy (non-hydrogen) atoms. The molecule has 0 aliphatic carbocycles. The highest BCUT2D eigenvalue weighted by molar-refractivity contribution is 7.89. The number of nitrogens with zero attached hydrogens (tertiary/aromatic N) is 4. The minimum Gasteiger partial charge on any atom is -0.481 e. The Morgan fingerprint density at radius 2 is 2.03 bits per heavy atom. The number of hydrogen-bond donors (Lipinski definition) is 1. The SMILES string of the molecule is CCOc1ccc(S(=O)(=O)N2C[C@@H](C)[C@@H](n3nc(CC(=O)O)c4ccc(C)cc43)C2)cn1. The van der Waals surface area contributed by atoms with Crippen molar-refractivity contribution in [1.29, 1.82) is 0 Å². The van der Waals surface area contributed by atoms with Crippen molar-refractivity contribution >= 4 is 26.9 Å². The van der Waals surface area contributed by atoms with Crippen molar-refractivity contribution in [3.8, 4) is 5.88 Å². The number of ether oxygens (including phenoxy) is 1. The van der Waals surface area contributed by atoms with E-state index in [1.165, 1.54) is 16.6 Å². The first-order valence-electron chi connectivity index (χ1n) is 10.5. The van der Waals surface area contributed by atoms with Gasteiger partial charge < -0.3 is 9.84 Å². The molecule has 1 aliphatic rings. The molecule has 3 aromatic rings. The van der Waals surface area contributed by atoms with Gasteiger partial charge in [-0.25, -0.2) is 13.4 Å². The molecule has 9 nitrogen and oxygen atoms in total. The minimum absolute atomic E-state index is 0.0123. The molecule has 0 spiro atoms. The molecule has 0 radical (unpaired) electrons. The molecule has 1 saturated heterocycles. The van der Waals surface area contributed by atoms with Gasteiger partial charge in [-0.05, 0) is 37.5 Å². The van der Waals surface area contributed by atoms with E-state index in [1.807, 2.05) is 39.0 Å². The Morgan fingerprint density at radius 1 is 1.25 bits per heavy atom. The third-order valence-corrected chi connectivity index (χ3v) is 7.57. The zero-order chi connectivity index (χ0) is 23.0. The Balaban J connectivity index is 1.66. The molecule has 4 rings (SSSR count). The van der Waals surface area contributed by atoms with Crippen LogP contribution in [0.15, 0.2) is 41.4 Å². The van der Waals surface area contributed by atoms with Gasteiger partial charge in [-0.15, -0.1) is 0 Å². The number of aromatic nitrogens is 3. The summed E-state index contributed by atoms with van der Waals surface area (Å²) in [6.45, 7) is 6.81. The molecule has 2 aromatic heterocycles. The van der Waals surface area contributed by atoms with E-state index in [4.69, 9.17) is 4.74 Å². The highest BCUT2D eigenvalue weighted by Crippen LogP contribution is 2.35. The van der Waals surface area contributed by atoms with Crippen LogP contribution in [-0.4, -0.2) is 58.3 Å². The molecular weight excluding hydrogens is 432 g/mol. The smallest absolute Gasteiger partial charge is 0.309 e. The summed E-state index contributed by atoms with van der Waals surface area (Å²) in [5.74, 6) is -0.589. The van der Waals surface area contributed by atoms with Gasteiger partial charge in [0.2, 0.25) is 15.9 Å². The van der Waals surface area contributed by atoms with Gasteiger partial charge in [0.25, 0.3) is 0 Å². The fourth-order valence-corrected chi connectivity index (χ4v) is 5.67. The van der Waals surface area contributed by atoms with Gasteiger partial charge in [-0.2, -0.15) is 9.40 Å². The van der Waals surface area contributed by atoms with Crippen LogP contribution in [0.5, 0.6) is 5.88 Å². The van der Waals surface area contributed by atoms with Crippen LogP contribution < -0.4 is 4.74 Å². The highest BCUT2D eigenvalue weighted by Gasteiger charge is 2.39. The molecule has 1 aromatic carbocycles. The fraction of sp³-hybridized carbons (Fsp3) is 0.409. The van der Waals surface area contributed by atoms with E-state index in [0.717, 1.165) is 16.5 Å². The third kappa shape index (κ3) is 4.07. The number of benzene rings is 1. The van der Waals surface area contributed by atoms with Crippen LogP contribution in [-0.2, 0) is 21.2 Å². The van der Waals surface area contributed by atoms with Crippen molar-refractivity contribution in [2.24, 2.45) is 5.92 Å². The van der Waals surface area contributed by atoms with Crippen molar-refractivity contribution in [3.63, 3.8) is 0 Å². The summed E-state index contributed by atoms with van der Waals surface area (Å²) in [7, 11) is -3.74. The van der Waals surface area contributed by atoms with Crippen molar-refractivity contribution in [1.82, 2.24) is 19.1 Å². The Hall–Kier alpha value is -2.98. The molecular formula is C22H26N4O5S. The first kappa shape index (κ1) is 22.2. The maximum absolute atomic E-state index is 13.2. The number of carboxylic acid groups (broad SMARTS) is 1. The van der Waals surface area contributed by atoms with E-state index < -0.39 is 16.0 Å². The first-order chi connectivity index (χ1) is 15.2. The van der Waals surface area contributed by atoms with Crippen LogP contribution in [0.3, 0.4) is 0 Å². The zero-order valence-electron chi connectivity index (χ0n) is 18.2. The average molecular weight is 459 g/mol. The highest BCUT2D eigenvalue weighted by atomic mass is 32.2. The van der Waals surface area contributed by atoms with Crippen LogP contribution in [0.4, 0.5) is 0 Å². The number of pyridine rings is 1. The summed E-state index contributed by atoms with van der Waals surface area (Å²) >= 11 is 0. The van der Waals surface area contributed by atoms with Crippen LogP contribution in [0.2, 0.25) is 0 Å². The van der Waals surface area contributed by atoms with Crippen LogP contribution >= 0.6 is 0 Å². The lowest BCUT2D eigenvalue weighted by Gasteiger charge is -2.17. The molecule has 1 fully saturated rings. The van der Waals surface area contributed by atoms with E-state index in [0.29, 0.717) is 24.7 Å². The number of aryl methyl sites for hydroxylation is 1. The monoisotopic (exact) mass is 458 g/mol. The molecule has 10 heteroatoms. The minimum atomic E-state index is -3.74. The van der Waals surface area contributed by atoms with Gasteiger partial charge in [0.1, 0.15) is 4.90 Å². The van der Waals surface area contributed by atoms with E-state index in [-0.39, 0.29) is 29.8 Å². The number of hydrogen-bond acceptors (Lipinski definition) is 6. The molecule has 0 amide bonds. The van der Waals surface area contributed by atoms with Gasteiger partial charge in [-0.3, -0.25) is 9.48 Å². The first-order valence-corrected chi connectivity index (χ1v) is 11.9. The van der Waals surface area contributed by atoms with Crippen LogP contribution in [0.25, 0.3) is 10.9 Å². The average Bonchev–Trinajstić information content (AvgIpc) is 3.29. The fourth-order valence-electron chi connectivity index (χ4n) is 4.16. The zero-order valence-corrected chi connectivity index (χ0v) is 19.0. The quantitative estimate of drug-likeness (QED) is 0.579. The predicted molar refractivity (Wildman–Crippen MR) is 118 cm³/mol. The summed E-state index contributed by atoms with van der Waals surface area (Å²) in [6, 6.07) is 8.61. The molecule has 170 valence electrons. The van der Waals surface area contributed by atoms with Gasteiger partial charge in [0, 0.05) is 24.5 Å². The standard InChI is InChI=1S/C22H26N4O5S/c1-4-31-21-8-6-16(11-23-21)32(29,30)25-12-15(3)20(13-25)26-19-9-14(2)5-7-17(19)18(24-26)10-22(27)28/h5-9,11,15,20H,4,10,12-13H2,1-3H3,(H,27,28)/t15-,20+/m1/s1. The number of fused-ring (bicyclic) bond motifs is 1. The Bertz CT molecular complexity index is 1250. The van der Waals surface area contributed by atoms with Gasteiger partial charge in [0.05, 0.1) is 36.5 Å². The maximum Gasteiger partial charge on any atom is 0.309 e. The Labute approximate surface area is 186 Å². The normalized spacial score (nSPS) is 19.5. The second kappa shape index (κ2) is 8.51. The largest absolute Gasteiger partial charge is 0.481 e. The van der Waals surface area contributed by atoms with E-state index in [9.17, 15) is 18.3 Å². The molecule has 0 bridgehead atoms. The van der Waals surface area contributed by atoms with Crippen molar-refractivity contribution in [2.75, 3.05) is 19.7 Å². The van der Waals surface area contributed by atoms with Crippen molar-refractivity contribution in [3.05, 3.63) is 47.8 Å². The summed E-state index contributed by atoms with van der Waals surface area (Å²) < 4.78 is 35.0. The number of carboxylic acids is 1. The molecule has 0 saturated carbocycles. The molecule has 3 heterocycles. The van der Waals surface area contributed by atoms with Crippen LogP contribution in [0, 0.1) is 12.8 Å². The number of carbonyl (C=O) groups is 1. The lowest BCUT2D eigenvalue weighted by molar-refractivity contribution is -0.136. The molecule has 1 N–H and O–H groups in total. The van der Waals surface area contributed by atoms with Gasteiger partial charge >= 0.3 is 5.97 Å². The Kier molecular flexibility index (Phi) is 5.91. The number of sulfonamides is 1.